The zero-order chi connectivity index (χ0) is 22.1. The van der Waals surface area contributed by atoms with Gasteiger partial charge in [-0.15, -0.1) is 0 Å². The first-order valence-electron chi connectivity index (χ1n) is 12.0. The van der Waals surface area contributed by atoms with Crippen LogP contribution in [0.3, 0.4) is 0 Å². The number of unbranched alkanes of at least 4 members (excludes halogenated alkanes) is 5. The van der Waals surface area contributed by atoms with Gasteiger partial charge in [-0.1, -0.05) is 94.0 Å². The van der Waals surface area contributed by atoms with E-state index in [0.29, 0.717) is 5.92 Å². The van der Waals surface area contributed by atoms with Crippen molar-refractivity contribution in [3.63, 3.8) is 0 Å². The summed E-state index contributed by atoms with van der Waals surface area (Å²) in [6, 6.07) is 19.5. The van der Waals surface area contributed by atoms with Crippen molar-refractivity contribution in [3.05, 3.63) is 59.7 Å². The standard InChI is InChI=1S/C28H37N3/c1-2-3-4-5-6-7-18-28(21-29)19-16-25(17-20-28)24-10-8-22(9-11-24)23-12-14-26(15-13-23)27(30)31/h8-15,25H,2-7,16-20H2,1H3,(H3,30,31). The van der Waals surface area contributed by atoms with Crippen LogP contribution in [0, 0.1) is 22.2 Å². The van der Waals surface area contributed by atoms with Crippen LogP contribution >= 0.6 is 0 Å². The first-order valence-corrected chi connectivity index (χ1v) is 12.0. The summed E-state index contributed by atoms with van der Waals surface area (Å²) in [7, 11) is 0. The van der Waals surface area contributed by atoms with Gasteiger partial charge in [0, 0.05) is 5.56 Å². The highest BCUT2D eigenvalue weighted by atomic mass is 14.7. The Morgan fingerprint density at radius 2 is 1.48 bits per heavy atom. The van der Waals surface area contributed by atoms with Crippen LogP contribution in [0.2, 0.25) is 0 Å². The van der Waals surface area contributed by atoms with Crippen LogP contribution in [0.25, 0.3) is 11.1 Å². The predicted molar refractivity (Wildman–Crippen MR) is 130 cm³/mol. The van der Waals surface area contributed by atoms with Crippen molar-refractivity contribution in [2.24, 2.45) is 11.1 Å². The molecule has 3 heteroatoms. The maximum atomic E-state index is 9.88. The largest absolute Gasteiger partial charge is 0.384 e. The maximum Gasteiger partial charge on any atom is 0.122 e. The Balaban J connectivity index is 1.53. The SMILES string of the molecule is CCCCCCCCC1(C#N)CCC(c2ccc(-c3ccc(C(=N)N)cc3)cc2)CC1. The van der Waals surface area contributed by atoms with Gasteiger partial charge in [-0.3, -0.25) is 5.41 Å². The van der Waals surface area contributed by atoms with Gasteiger partial charge in [0.25, 0.3) is 0 Å². The number of nitrogens with one attached hydrogen (secondary N) is 1. The molecule has 0 unspecified atom stereocenters. The summed E-state index contributed by atoms with van der Waals surface area (Å²) in [6.07, 6.45) is 13.2. The number of amidine groups is 1. The fraction of sp³-hybridized carbons (Fsp3) is 0.500. The zero-order valence-corrected chi connectivity index (χ0v) is 19.0. The zero-order valence-electron chi connectivity index (χ0n) is 19.0. The number of hydrogen-bond donors (Lipinski definition) is 2. The average molecular weight is 416 g/mol. The first-order chi connectivity index (χ1) is 15.1. The Kier molecular flexibility index (Phi) is 8.29. The van der Waals surface area contributed by atoms with Gasteiger partial charge < -0.3 is 5.73 Å². The van der Waals surface area contributed by atoms with Crippen LogP contribution in [-0.4, -0.2) is 5.84 Å². The molecule has 3 rings (SSSR count). The molecule has 3 N–H and O–H groups in total. The summed E-state index contributed by atoms with van der Waals surface area (Å²) in [5.41, 5.74) is 9.94. The van der Waals surface area contributed by atoms with Gasteiger partial charge in [-0.25, -0.2) is 0 Å². The van der Waals surface area contributed by atoms with E-state index in [4.69, 9.17) is 11.1 Å². The van der Waals surface area contributed by atoms with Crippen molar-refractivity contribution in [2.75, 3.05) is 0 Å². The highest BCUT2D eigenvalue weighted by Crippen LogP contribution is 2.45. The molecule has 1 fully saturated rings. The van der Waals surface area contributed by atoms with E-state index < -0.39 is 0 Å². The predicted octanol–water partition coefficient (Wildman–Crippen LogP) is 7.56. The van der Waals surface area contributed by atoms with Gasteiger partial charge in [-0.05, 0) is 54.7 Å². The van der Waals surface area contributed by atoms with E-state index in [1.54, 1.807) is 0 Å². The molecule has 2 aromatic carbocycles. The lowest BCUT2D eigenvalue weighted by Crippen LogP contribution is -2.25. The lowest BCUT2D eigenvalue weighted by atomic mass is 9.67. The van der Waals surface area contributed by atoms with Crippen LogP contribution in [0.4, 0.5) is 0 Å². The molecule has 1 aliphatic carbocycles. The van der Waals surface area contributed by atoms with Crippen LogP contribution in [0.15, 0.2) is 48.5 Å². The Labute approximate surface area is 188 Å². The Bertz CT molecular complexity index is 866. The third kappa shape index (κ3) is 6.20. The molecule has 0 amide bonds. The molecule has 31 heavy (non-hydrogen) atoms. The van der Waals surface area contributed by atoms with Crippen LogP contribution < -0.4 is 5.73 Å². The maximum absolute atomic E-state index is 9.88. The molecule has 0 heterocycles. The van der Waals surface area contributed by atoms with Crippen LogP contribution in [-0.2, 0) is 0 Å². The van der Waals surface area contributed by atoms with Gasteiger partial charge in [0.2, 0.25) is 0 Å². The van der Waals surface area contributed by atoms with Gasteiger partial charge >= 0.3 is 0 Å². The Morgan fingerprint density at radius 3 is 2.03 bits per heavy atom. The number of benzene rings is 2. The van der Waals surface area contributed by atoms with Crippen molar-refractivity contribution >= 4 is 5.84 Å². The minimum atomic E-state index is -0.0837. The summed E-state index contributed by atoms with van der Waals surface area (Å²) in [5.74, 6) is 0.671. The van der Waals surface area contributed by atoms with Gasteiger partial charge in [0.05, 0.1) is 11.5 Å². The summed E-state index contributed by atoms with van der Waals surface area (Å²) in [4.78, 5) is 0. The van der Waals surface area contributed by atoms with E-state index in [9.17, 15) is 5.26 Å². The fourth-order valence-corrected chi connectivity index (χ4v) is 4.96. The lowest BCUT2D eigenvalue weighted by molar-refractivity contribution is 0.223. The Morgan fingerprint density at radius 1 is 0.935 bits per heavy atom. The monoisotopic (exact) mass is 415 g/mol. The molecule has 0 radical (unpaired) electrons. The molecule has 0 aromatic heterocycles. The number of nitrogens with two attached hydrogens (primary N) is 1. The van der Waals surface area contributed by atoms with Gasteiger partial charge in [0.1, 0.15) is 5.84 Å². The minimum absolute atomic E-state index is 0.0837. The number of nitriles is 1. The van der Waals surface area contributed by atoms with Crippen LogP contribution in [0.1, 0.15) is 94.6 Å². The number of nitrogen functional groups attached to an aromatic ring is 1. The molecule has 1 saturated carbocycles. The summed E-state index contributed by atoms with van der Waals surface area (Å²) in [6.45, 7) is 2.25. The molecule has 3 nitrogen and oxygen atoms in total. The smallest absolute Gasteiger partial charge is 0.122 e. The quantitative estimate of drug-likeness (QED) is 0.239. The number of nitrogens with zero attached hydrogens (tertiary/aromatic N) is 1. The van der Waals surface area contributed by atoms with Crippen molar-refractivity contribution in [1.29, 1.82) is 10.7 Å². The molecule has 0 saturated heterocycles. The second-order valence-corrected chi connectivity index (χ2v) is 9.30. The van der Waals surface area contributed by atoms with Gasteiger partial charge in [-0.2, -0.15) is 5.26 Å². The molecule has 0 bridgehead atoms. The molecule has 1 aliphatic rings. The van der Waals surface area contributed by atoms with E-state index in [0.717, 1.165) is 43.2 Å². The van der Waals surface area contributed by atoms with Crippen molar-refractivity contribution in [3.8, 4) is 17.2 Å². The van der Waals surface area contributed by atoms with Crippen LogP contribution in [0.5, 0.6) is 0 Å². The Hall–Kier alpha value is -2.60. The lowest BCUT2D eigenvalue weighted by Gasteiger charge is -2.35. The van der Waals surface area contributed by atoms with Crippen molar-refractivity contribution in [1.82, 2.24) is 0 Å². The molecule has 164 valence electrons. The molecular formula is C28H37N3. The summed E-state index contributed by atoms with van der Waals surface area (Å²) >= 11 is 0. The van der Waals surface area contributed by atoms with E-state index in [1.807, 2.05) is 24.3 Å². The molecule has 0 aliphatic heterocycles. The van der Waals surface area contributed by atoms with E-state index in [-0.39, 0.29) is 11.3 Å². The van der Waals surface area contributed by atoms with E-state index in [1.165, 1.54) is 49.7 Å². The second-order valence-electron chi connectivity index (χ2n) is 9.30. The number of hydrogen-bond acceptors (Lipinski definition) is 2. The summed E-state index contributed by atoms with van der Waals surface area (Å²) in [5, 5.41) is 17.4. The summed E-state index contributed by atoms with van der Waals surface area (Å²) < 4.78 is 0. The average Bonchev–Trinajstić information content (AvgIpc) is 2.82. The highest BCUT2D eigenvalue weighted by Gasteiger charge is 2.35. The van der Waals surface area contributed by atoms with E-state index >= 15 is 0 Å². The third-order valence-electron chi connectivity index (χ3n) is 7.10. The molecule has 0 atom stereocenters. The van der Waals surface area contributed by atoms with Crippen molar-refractivity contribution < 1.29 is 0 Å². The number of rotatable bonds is 10. The van der Waals surface area contributed by atoms with Gasteiger partial charge in [0.15, 0.2) is 0 Å². The minimum Gasteiger partial charge on any atom is -0.384 e. The molecular weight excluding hydrogens is 378 g/mol. The van der Waals surface area contributed by atoms with Crippen molar-refractivity contribution in [2.45, 2.75) is 83.5 Å². The normalized spacial score (nSPS) is 20.8. The molecule has 0 spiro atoms. The third-order valence-corrected chi connectivity index (χ3v) is 7.10. The second kappa shape index (κ2) is 11.1. The van der Waals surface area contributed by atoms with E-state index in [2.05, 4.69) is 37.3 Å². The highest BCUT2D eigenvalue weighted by molar-refractivity contribution is 5.95. The fourth-order valence-electron chi connectivity index (χ4n) is 4.96. The molecule has 2 aromatic rings. The first kappa shape index (κ1) is 23.1. The topological polar surface area (TPSA) is 73.7 Å².